The lowest BCUT2D eigenvalue weighted by Crippen LogP contribution is -2.47. The van der Waals surface area contributed by atoms with Gasteiger partial charge in [-0.3, -0.25) is 9.80 Å². The molecular formula is C36H54N2O4-2. The van der Waals surface area contributed by atoms with Gasteiger partial charge in [0.1, 0.15) is 0 Å². The first-order valence-electron chi connectivity index (χ1n) is 17.6. The van der Waals surface area contributed by atoms with Gasteiger partial charge in [-0.15, -0.1) is 0 Å². The molecule has 6 heteroatoms. The summed E-state index contributed by atoms with van der Waals surface area (Å²) in [5.41, 5.74) is 1.70. The van der Waals surface area contributed by atoms with Gasteiger partial charge < -0.3 is 19.8 Å². The highest BCUT2D eigenvalue weighted by atomic mass is 16.4. The Bertz CT molecular complexity index is 900. The quantitative estimate of drug-likeness (QED) is 0.329. The number of carbonyl (C=O) groups is 2. The van der Waals surface area contributed by atoms with Gasteiger partial charge in [0.05, 0.1) is 11.9 Å². The summed E-state index contributed by atoms with van der Waals surface area (Å²) in [7, 11) is 0. The van der Waals surface area contributed by atoms with E-state index in [4.69, 9.17) is 0 Å². The minimum Gasteiger partial charge on any atom is -0.545 e. The summed E-state index contributed by atoms with van der Waals surface area (Å²) < 4.78 is 0. The van der Waals surface area contributed by atoms with Crippen LogP contribution in [0, 0.1) is 0 Å². The van der Waals surface area contributed by atoms with Gasteiger partial charge in [0, 0.05) is 48.4 Å². The van der Waals surface area contributed by atoms with Crippen LogP contribution in [0.4, 0.5) is 0 Å². The Kier molecular flexibility index (Phi) is 11.8. The third kappa shape index (κ3) is 7.96. The molecule has 0 radical (unpaired) electrons. The summed E-state index contributed by atoms with van der Waals surface area (Å²) in [6.07, 6.45) is 26.2. The van der Waals surface area contributed by atoms with Crippen molar-refractivity contribution in [2.75, 3.05) is 13.1 Å². The van der Waals surface area contributed by atoms with E-state index in [0.29, 0.717) is 48.1 Å². The van der Waals surface area contributed by atoms with Crippen LogP contribution in [0.25, 0.3) is 0 Å². The number of hydrogen-bond acceptors (Lipinski definition) is 6. The van der Waals surface area contributed by atoms with Gasteiger partial charge in [-0.05, 0) is 75.3 Å². The normalized spacial score (nSPS) is 22.1. The smallest absolute Gasteiger partial charge is 0.0718 e. The van der Waals surface area contributed by atoms with Gasteiger partial charge >= 0.3 is 0 Å². The minimum absolute atomic E-state index is 0.170. The molecule has 5 rings (SSSR count). The number of carboxylic acid groups (broad SMARTS) is 2. The second-order valence-electron chi connectivity index (χ2n) is 13.8. The highest BCUT2D eigenvalue weighted by molar-refractivity contribution is 5.93. The van der Waals surface area contributed by atoms with Crippen LogP contribution in [-0.2, 0) is 12.8 Å². The minimum atomic E-state index is -1.20. The molecule has 1 aromatic carbocycles. The average Bonchev–Trinajstić information content (AvgIpc) is 3.03. The third-order valence-electron chi connectivity index (χ3n) is 11.3. The molecule has 0 unspecified atom stereocenters. The molecule has 0 aliphatic heterocycles. The number of nitrogens with zero attached hydrogens (tertiary/aromatic N) is 2. The number of rotatable bonds is 12. The Labute approximate surface area is 254 Å². The summed E-state index contributed by atoms with van der Waals surface area (Å²) in [5, 5.41) is 24.9. The third-order valence-corrected chi connectivity index (χ3v) is 11.3. The number of hydrogen-bond donors (Lipinski definition) is 0. The highest BCUT2D eigenvalue weighted by Gasteiger charge is 2.31. The molecule has 0 bridgehead atoms. The van der Waals surface area contributed by atoms with Crippen molar-refractivity contribution in [3.63, 3.8) is 0 Å². The van der Waals surface area contributed by atoms with Gasteiger partial charge in [0.25, 0.3) is 0 Å². The number of carboxylic acids is 2. The van der Waals surface area contributed by atoms with Crippen LogP contribution in [0.2, 0.25) is 0 Å². The van der Waals surface area contributed by atoms with Gasteiger partial charge in [0.15, 0.2) is 0 Å². The monoisotopic (exact) mass is 578 g/mol. The average molecular weight is 579 g/mol. The van der Waals surface area contributed by atoms with Gasteiger partial charge in [-0.1, -0.05) is 89.2 Å². The summed E-state index contributed by atoms with van der Waals surface area (Å²) in [4.78, 5) is 30.3. The summed E-state index contributed by atoms with van der Waals surface area (Å²) in [5.74, 6) is -2.40. The maximum atomic E-state index is 12.4. The highest BCUT2D eigenvalue weighted by Crippen LogP contribution is 2.33. The number of carbonyl (C=O) groups excluding carboxylic acids is 2. The summed E-state index contributed by atoms with van der Waals surface area (Å²) in [6, 6.07) is 5.13. The molecular weight excluding hydrogens is 524 g/mol. The Morgan fingerprint density at radius 3 is 1.00 bits per heavy atom. The van der Waals surface area contributed by atoms with Crippen molar-refractivity contribution in [1.29, 1.82) is 0 Å². The first-order chi connectivity index (χ1) is 20.5. The Morgan fingerprint density at radius 2 is 0.762 bits per heavy atom. The van der Waals surface area contributed by atoms with E-state index in [1.165, 1.54) is 141 Å². The molecule has 0 heterocycles. The Morgan fingerprint density at radius 1 is 0.500 bits per heavy atom. The van der Waals surface area contributed by atoms with Crippen LogP contribution in [-0.4, -0.2) is 59.0 Å². The second-order valence-corrected chi connectivity index (χ2v) is 13.8. The fraction of sp³-hybridized carbons (Fsp3) is 0.778. The van der Waals surface area contributed by atoms with E-state index < -0.39 is 11.9 Å². The zero-order valence-electron chi connectivity index (χ0n) is 26.0. The molecule has 4 saturated carbocycles. The van der Waals surface area contributed by atoms with Crippen molar-refractivity contribution in [2.45, 2.75) is 165 Å². The largest absolute Gasteiger partial charge is 0.545 e. The van der Waals surface area contributed by atoms with E-state index in [1.54, 1.807) is 0 Å². The molecule has 1 aromatic rings. The summed E-state index contributed by atoms with van der Waals surface area (Å²) in [6.45, 7) is 1.57. The molecule has 0 saturated heterocycles. The molecule has 0 atom stereocenters. The van der Waals surface area contributed by atoms with Crippen molar-refractivity contribution in [3.05, 3.63) is 34.4 Å². The zero-order chi connectivity index (χ0) is 29.3. The number of benzene rings is 1. The SMILES string of the molecule is O=C([O-])c1ccc(C(=O)[O-])c(CCN(C2CCCCC2)C2CCCCC2)c1CCN(C1CCCCC1)C1CCCCC1. The second kappa shape index (κ2) is 15.7. The predicted octanol–water partition coefficient (Wildman–Crippen LogP) is 5.43. The molecule has 0 N–H and O–H groups in total. The fourth-order valence-corrected chi connectivity index (χ4v) is 9.11. The van der Waals surface area contributed by atoms with Gasteiger partial charge in [-0.25, -0.2) is 0 Å². The van der Waals surface area contributed by atoms with E-state index in [9.17, 15) is 19.8 Å². The van der Waals surface area contributed by atoms with Crippen LogP contribution >= 0.6 is 0 Å². The van der Waals surface area contributed by atoms with Crippen LogP contribution in [0.1, 0.15) is 160 Å². The van der Waals surface area contributed by atoms with E-state index >= 15 is 0 Å². The Balaban J connectivity index is 1.42. The molecule has 4 fully saturated rings. The maximum absolute atomic E-state index is 12.4. The topological polar surface area (TPSA) is 86.7 Å². The lowest BCUT2D eigenvalue weighted by atomic mass is 9.86. The van der Waals surface area contributed by atoms with Crippen molar-refractivity contribution >= 4 is 11.9 Å². The standard InChI is InChI=1S/C36H56N2O4/c39-35(40)33-21-22-34(36(41)42)32(24-26-38(29-17-9-3-10-18-29)30-19-11-4-12-20-30)31(33)23-25-37(27-13-5-1-6-14-27)28-15-7-2-8-16-28/h21-22,27-30H,1-20,23-26H2,(H,39,40)(H,41,42)/p-2. The fourth-order valence-electron chi connectivity index (χ4n) is 9.11. The van der Waals surface area contributed by atoms with Gasteiger partial charge in [0.2, 0.25) is 0 Å². The van der Waals surface area contributed by atoms with E-state index in [-0.39, 0.29) is 11.1 Å². The predicted molar refractivity (Wildman–Crippen MR) is 163 cm³/mol. The lowest BCUT2D eigenvalue weighted by molar-refractivity contribution is -0.256. The first-order valence-corrected chi connectivity index (χ1v) is 17.6. The van der Waals surface area contributed by atoms with Crippen LogP contribution in [0.3, 0.4) is 0 Å². The molecule has 0 aromatic heterocycles. The molecule has 4 aliphatic rings. The lowest BCUT2D eigenvalue weighted by Gasteiger charge is -2.42. The van der Waals surface area contributed by atoms with Crippen LogP contribution in [0.15, 0.2) is 12.1 Å². The van der Waals surface area contributed by atoms with Crippen LogP contribution < -0.4 is 10.2 Å². The van der Waals surface area contributed by atoms with E-state index in [1.807, 2.05) is 0 Å². The van der Waals surface area contributed by atoms with Gasteiger partial charge in [-0.2, -0.15) is 0 Å². The Hall–Kier alpha value is -1.92. The summed E-state index contributed by atoms with van der Waals surface area (Å²) >= 11 is 0. The first kappa shape index (κ1) is 31.5. The van der Waals surface area contributed by atoms with Crippen molar-refractivity contribution < 1.29 is 19.8 Å². The molecule has 234 valence electrons. The van der Waals surface area contributed by atoms with Crippen molar-refractivity contribution in [1.82, 2.24) is 9.80 Å². The van der Waals surface area contributed by atoms with Crippen molar-refractivity contribution in [2.24, 2.45) is 0 Å². The van der Waals surface area contributed by atoms with E-state index in [0.717, 1.165) is 13.1 Å². The molecule has 4 aliphatic carbocycles. The molecule has 42 heavy (non-hydrogen) atoms. The van der Waals surface area contributed by atoms with Crippen molar-refractivity contribution in [3.8, 4) is 0 Å². The maximum Gasteiger partial charge on any atom is 0.0718 e. The van der Waals surface area contributed by atoms with Crippen LogP contribution in [0.5, 0.6) is 0 Å². The van der Waals surface area contributed by atoms with E-state index in [2.05, 4.69) is 9.80 Å². The number of aromatic carboxylic acids is 2. The molecule has 0 spiro atoms. The molecule has 6 nitrogen and oxygen atoms in total. The molecule has 0 amide bonds. The zero-order valence-corrected chi connectivity index (χ0v) is 26.0.